The zero-order chi connectivity index (χ0) is 18.9. The molecule has 1 N–H and O–H groups in total. The fraction of sp³-hybridized carbons (Fsp3) is 0.435. The van der Waals surface area contributed by atoms with Crippen LogP contribution in [0, 0.1) is 0 Å². The number of likely N-dealkylation sites (N-methyl/N-ethyl adjacent to an activating group) is 1. The zero-order valence-electron chi connectivity index (χ0n) is 16.3. The van der Waals surface area contributed by atoms with Crippen molar-refractivity contribution in [2.24, 2.45) is 0 Å². The Kier molecular flexibility index (Phi) is 5.02. The molecule has 0 spiro atoms. The van der Waals surface area contributed by atoms with Crippen LogP contribution in [-0.2, 0) is 16.8 Å². The highest BCUT2D eigenvalue weighted by Gasteiger charge is 2.51. The lowest BCUT2D eigenvalue weighted by Crippen LogP contribution is -2.60. The Morgan fingerprint density at radius 1 is 1.07 bits per heavy atom. The molecule has 142 valence electrons. The van der Waals surface area contributed by atoms with E-state index in [0.717, 1.165) is 39.0 Å². The van der Waals surface area contributed by atoms with Crippen LogP contribution in [0.3, 0.4) is 0 Å². The first kappa shape index (κ1) is 18.2. The average Bonchev–Trinajstić information content (AvgIpc) is 3.14. The van der Waals surface area contributed by atoms with Gasteiger partial charge < -0.3 is 10.2 Å². The minimum absolute atomic E-state index is 0.0475. The number of benzene rings is 2. The molecule has 1 heterocycles. The Morgan fingerprint density at radius 2 is 1.74 bits per heavy atom. The van der Waals surface area contributed by atoms with Crippen molar-refractivity contribution in [3.05, 3.63) is 71.3 Å². The maximum atomic E-state index is 14.0. The molecule has 1 aliphatic carbocycles. The Labute approximate surface area is 162 Å². The highest BCUT2D eigenvalue weighted by atomic mass is 16.2. The van der Waals surface area contributed by atoms with Crippen molar-refractivity contribution in [2.75, 3.05) is 33.2 Å². The molecular weight excluding hydrogens is 334 g/mol. The number of carbonyl (C=O) groups is 1. The fourth-order valence-corrected chi connectivity index (χ4v) is 4.75. The summed E-state index contributed by atoms with van der Waals surface area (Å²) in [7, 11) is 1.96. The number of hydrogen-bond donors (Lipinski definition) is 1. The summed E-state index contributed by atoms with van der Waals surface area (Å²) in [6.45, 7) is 5.82. The molecule has 0 unspecified atom stereocenters. The van der Waals surface area contributed by atoms with Crippen LogP contribution >= 0.6 is 0 Å². The molecular formula is C23H29N3O. The van der Waals surface area contributed by atoms with E-state index in [0.29, 0.717) is 0 Å². The Morgan fingerprint density at radius 3 is 2.48 bits per heavy atom. The van der Waals surface area contributed by atoms with Gasteiger partial charge in [-0.15, -0.1) is 0 Å². The second-order valence-corrected chi connectivity index (χ2v) is 7.76. The van der Waals surface area contributed by atoms with Gasteiger partial charge in [-0.2, -0.15) is 0 Å². The summed E-state index contributed by atoms with van der Waals surface area (Å²) < 4.78 is 0. The molecule has 27 heavy (non-hydrogen) atoms. The monoisotopic (exact) mass is 363 g/mol. The molecule has 0 aromatic heterocycles. The topological polar surface area (TPSA) is 35.6 Å². The van der Waals surface area contributed by atoms with Gasteiger partial charge in [-0.1, -0.05) is 54.6 Å². The van der Waals surface area contributed by atoms with Gasteiger partial charge in [0.15, 0.2) is 0 Å². The third-order valence-electron chi connectivity index (χ3n) is 6.41. The summed E-state index contributed by atoms with van der Waals surface area (Å²) in [6, 6.07) is 18.9. The largest absolute Gasteiger partial charge is 0.337 e. The van der Waals surface area contributed by atoms with Gasteiger partial charge in [-0.05, 0) is 36.5 Å². The fourth-order valence-electron chi connectivity index (χ4n) is 4.75. The summed E-state index contributed by atoms with van der Waals surface area (Å²) in [5.74, 6) is 0.228. The molecule has 2 atom stereocenters. The van der Waals surface area contributed by atoms with E-state index < -0.39 is 5.54 Å². The molecule has 4 heteroatoms. The molecule has 1 fully saturated rings. The number of piperazine rings is 1. The molecule has 2 aromatic rings. The van der Waals surface area contributed by atoms with Gasteiger partial charge in [0.2, 0.25) is 5.91 Å². The van der Waals surface area contributed by atoms with E-state index in [4.69, 9.17) is 0 Å². The van der Waals surface area contributed by atoms with Gasteiger partial charge in [0.25, 0.3) is 0 Å². The van der Waals surface area contributed by atoms with Gasteiger partial charge in [0.05, 0.1) is 6.04 Å². The highest BCUT2D eigenvalue weighted by molar-refractivity contribution is 5.89. The SMILES string of the molecule is C[C@H](c1ccccc1)N(C)C(=O)[C@@]1(N2CCNCC2)CCc2ccccc21. The maximum absolute atomic E-state index is 14.0. The van der Waals surface area contributed by atoms with Crippen LogP contribution in [0.15, 0.2) is 54.6 Å². The number of rotatable bonds is 4. The predicted octanol–water partition coefficient (Wildman–Crippen LogP) is 2.95. The van der Waals surface area contributed by atoms with Crippen molar-refractivity contribution in [1.29, 1.82) is 0 Å². The average molecular weight is 364 g/mol. The number of aryl methyl sites for hydroxylation is 1. The second kappa shape index (κ2) is 7.45. The molecule has 0 saturated carbocycles. The minimum Gasteiger partial charge on any atom is -0.337 e. The molecule has 1 saturated heterocycles. The van der Waals surface area contributed by atoms with Crippen molar-refractivity contribution in [2.45, 2.75) is 31.3 Å². The summed E-state index contributed by atoms with van der Waals surface area (Å²) in [5.41, 5.74) is 3.18. The van der Waals surface area contributed by atoms with E-state index in [2.05, 4.69) is 53.5 Å². The van der Waals surface area contributed by atoms with E-state index in [-0.39, 0.29) is 11.9 Å². The third-order valence-corrected chi connectivity index (χ3v) is 6.41. The highest BCUT2D eigenvalue weighted by Crippen LogP contribution is 2.44. The van der Waals surface area contributed by atoms with E-state index >= 15 is 0 Å². The summed E-state index contributed by atoms with van der Waals surface area (Å²) in [6.07, 6.45) is 1.84. The van der Waals surface area contributed by atoms with Crippen LogP contribution in [-0.4, -0.2) is 48.9 Å². The molecule has 2 aromatic carbocycles. The van der Waals surface area contributed by atoms with Gasteiger partial charge in [-0.3, -0.25) is 9.69 Å². The predicted molar refractivity (Wildman–Crippen MR) is 109 cm³/mol. The van der Waals surface area contributed by atoms with E-state index in [1.54, 1.807) is 0 Å². The molecule has 1 amide bonds. The lowest BCUT2D eigenvalue weighted by atomic mass is 9.86. The number of nitrogens with zero attached hydrogens (tertiary/aromatic N) is 2. The van der Waals surface area contributed by atoms with E-state index in [9.17, 15) is 4.79 Å². The quantitative estimate of drug-likeness (QED) is 0.907. The smallest absolute Gasteiger partial charge is 0.247 e. The maximum Gasteiger partial charge on any atom is 0.247 e. The van der Waals surface area contributed by atoms with E-state index in [1.165, 1.54) is 16.7 Å². The van der Waals surface area contributed by atoms with Crippen molar-refractivity contribution >= 4 is 5.91 Å². The molecule has 0 bridgehead atoms. The first-order valence-electron chi connectivity index (χ1n) is 10.0. The summed E-state index contributed by atoms with van der Waals surface area (Å²) in [5, 5.41) is 3.43. The molecule has 4 nitrogen and oxygen atoms in total. The zero-order valence-corrected chi connectivity index (χ0v) is 16.3. The van der Waals surface area contributed by atoms with Crippen LogP contribution in [0.2, 0.25) is 0 Å². The lowest BCUT2D eigenvalue weighted by molar-refractivity contribution is -0.147. The van der Waals surface area contributed by atoms with Gasteiger partial charge in [0, 0.05) is 33.2 Å². The number of nitrogens with one attached hydrogen (secondary N) is 1. The lowest BCUT2D eigenvalue weighted by Gasteiger charge is -2.45. The Bertz CT molecular complexity index is 800. The first-order chi connectivity index (χ1) is 13.1. The van der Waals surface area contributed by atoms with Crippen molar-refractivity contribution in [3.63, 3.8) is 0 Å². The van der Waals surface area contributed by atoms with Crippen molar-refractivity contribution < 1.29 is 4.79 Å². The van der Waals surface area contributed by atoms with Crippen LogP contribution < -0.4 is 5.32 Å². The number of carbonyl (C=O) groups excluding carboxylic acids is 1. The van der Waals surface area contributed by atoms with Crippen LogP contribution in [0.5, 0.6) is 0 Å². The standard InChI is InChI=1S/C23H29N3O/c1-18(19-8-4-3-5-9-19)25(2)22(27)23(26-16-14-24-15-17-26)13-12-20-10-6-7-11-21(20)23/h3-11,18,24H,12-17H2,1-2H3/t18-,23-/m1/s1. The molecule has 0 radical (unpaired) electrons. The summed E-state index contributed by atoms with van der Waals surface area (Å²) in [4.78, 5) is 18.4. The molecule has 2 aliphatic rings. The van der Waals surface area contributed by atoms with Crippen LogP contribution in [0.4, 0.5) is 0 Å². The molecule has 1 aliphatic heterocycles. The normalized spacial score (nSPS) is 23.6. The van der Waals surface area contributed by atoms with Gasteiger partial charge in [-0.25, -0.2) is 0 Å². The first-order valence-corrected chi connectivity index (χ1v) is 10.0. The van der Waals surface area contributed by atoms with Gasteiger partial charge in [0.1, 0.15) is 5.54 Å². The summed E-state index contributed by atoms with van der Waals surface area (Å²) >= 11 is 0. The van der Waals surface area contributed by atoms with Crippen molar-refractivity contribution in [1.82, 2.24) is 15.1 Å². The molecule has 4 rings (SSSR count). The Balaban J connectivity index is 1.72. The minimum atomic E-state index is -0.531. The van der Waals surface area contributed by atoms with Crippen LogP contribution in [0.25, 0.3) is 0 Å². The third kappa shape index (κ3) is 3.07. The van der Waals surface area contributed by atoms with Gasteiger partial charge >= 0.3 is 0 Å². The second-order valence-electron chi connectivity index (χ2n) is 7.76. The number of hydrogen-bond acceptors (Lipinski definition) is 3. The number of fused-ring (bicyclic) bond motifs is 1. The van der Waals surface area contributed by atoms with Crippen LogP contribution in [0.1, 0.15) is 36.1 Å². The van der Waals surface area contributed by atoms with Crippen molar-refractivity contribution in [3.8, 4) is 0 Å². The Hall–Kier alpha value is -2.17. The number of amides is 1. The van der Waals surface area contributed by atoms with E-state index in [1.807, 2.05) is 30.1 Å².